The number of rotatable bonds is 8. The van der Waals surface area contributed by atoms with E-state index in [2.05, 4.69) is 65.7 Å². The van der Waals surface area contributed by atoms with Crippen molar-refractivity contribution in [1.82, 2.24) is 15.2 Å². The number of aryl methyl sites for hydroxylation is 1. The Morgan fingerprint density at radius 2 is 2.14 bits per heavy atom. The lowest BCUT2D eigenvalue weighted by Gasteiger charge is -2.23. The highest BCUT2D eigenvalue weighted by molar-refractivity contribution is 7.07. The monoisotopic (exact) mass is 303 g/mol. The van der Waals surface area contributed by atoms with Crippen LogP contribution in [0.1, 0.15) is 36.2 Å². The fourth-order valence-electron chi connectivity index (χ4n) is 2.61. The Morgan fingerprint density at radius 3 is 2.81 bits per heavy atom. The van der Waals surface area contributed by atoms with Crippen LogP contribution in [0.5, 0.6) is 0 Å². The molecule has 0 saturated carbocycles. The lowest BCUT2D eigenvalue weighted by molar-refractivity contribution is 0.298. The molecule has 0 aliphatic heterocycles. The van der Waals surface area contributed by atoms with E-state index in [0.29, 0.717) is 6.04 Å². The molecule has 0 fully saturated rings. The fraction of sp³-hybridized carbons (Fsp3) is 0.471. The van der Waals surface area contributed by atoms with Gasteiger partial charge in [-0.1, -0.05) is 31.2 Å². The van der Waals surface area contributed by atoms with E-state index in [1.807, 2.05) is 5.51 Å². The molecule has 0 radical (unpaired) electrons. The maximum atomic E-state index is 4.35. The first-order valence-corrected chi connectivity index (χ1v) is 8.49. The normalized spacial score (nSPS) is 12.8. The first kappa shape index (κ1) is 16.1. The van der Waals surface area contributed by atoms with Crippen molar-refractivity contribution < 1.29 is 0 Å². The van der Waals surface area contributed by atoms with Gasteiger partial charge in [0.2, 0.25) is 0 Å². The van der Waals surface area contributed by atoms with Gasteiger partial charge in [-0.25, -0.2) is 4.98 Å². The first-order chi connectivity index (χ1) is 10.2. The lowest BCUT2D eigenvalue weighted by atomic mass is 9.98. The SMILES string of the molecule is CCNC(CCN(C)Cc1cscn1)c1ccccc1C. The molecule has 1 unspecified atom stereocenters. The van der Waals surface area contributed by atoms with Crippen LogP contribution >= 0.6 is 11.3 Å². The van der Waals surface area contributed by atoms with Gasteiger partial charge in [-0.05, 0) is 38.1 Å². The molecule has 4 heteroatoms. The van der Waals surface area contributed by atoms with Gasteiger partial charge in [-0.2, -0.15) is 0 Å². The summed E-state index contributed by atoms with van der Waals surface area (Å²) in [6.07, 6.45) is 1.11. The molecule has 0 aliphatic rings. The van der Waals surface area contributed by atoms with E-state index in [1.54, 1.807) is 11.3 Å². The minimum Gasteiger partial charge on any atom is -0.310 e. The highest BCUT2D eigenvalue weighted by Crippen LogP contribution is 2.21. The minimum absolute atomic E-state index is 0.425. The van der Waals surface area contributed by atoms with Crippen molar-refractivity contribution in [3.8, 4) is 0 Å². The second-order valence-corrected chi connectivity index (χ2v) is 6.19. The van der Waals surface area contributed by atoms with Crippen molar-refractivity contribution in [2.24, 2.45) is 0 Å². The molecule has 114 valence electrons. The number of nitrogens with one attached hydrogen (secondary N) is 1. The summed E-state index contributed by atoms with van der Waals surface area (Å²) < 4.78 is 0. The molecule has 1 N–H and O–H groups in total. The quantitative estimate of drug-likeness (QED) is 0.807. The summed E-state index contributed by atoms with van der Waals surface area (Å²) in [5.41, 5.74) is 5.85. The van der Waals surface area contributed by atoms with E-state index < -0.39 is 0 Å². The smallest absolute Gasteiger partial charge is 0.0795 e. The van der Waals surface area contributed by atoms with Crippen LogP contribution in [0.15, 0.2) is 35.2 Å². The van der Waals surface area contributed by atoms with Crippen LogP contribution in [0.2, 0.25) is 0 Å². The van der Waals surface area contributed by atoms with Crippen LogP contribution in [0.4, 0.5) is 0 Å². The molecule has 1 aromatic heterocycles. The van der Waals surface area contributed by atoms with Crippen LogP contribution in [-0.2, 0) is 6.54 Å². The number of benzene rings is 1. The molecule has 0 aliphatic carbocycles. The maximum absolute atomic E-state index is 4.35. The molecular formula is C17H25N3S. The molecule has 21 heavy (non-hydrogen) atoms. The largest absolute Gasteiger partial charge is 0.310 e. The summed E-state index contributed by atoms with van der Waals surface area (Å²) in [6.45, 7) is 7.34. The molecule has 2 aromatic rings. The van der Waals surface area contributed by atoms with E-state index in [9.17, 15) is 0 Å². The van der Waals surface area contributed by atoms with Crippen LogP contribution < -0.4 is 5.32 Å². The van der Waals surface area contributed by atoms with Crippen LogP contribution in [0.3, 0.4) is 0 Å². The van der Waals surface area contributed by atoms with Crippen molar-refractivity contribution in [1.29, 1.82) is 0 Å². The van der Waals surface area contributed by atoms with Gasteiger partial charge < -0.3 is 10.2 Å². The van der Waals surface area contributed by atoms with Gasteiger partial charge in [0.05, 0.1) is 11.2 Å². The third-order valence-electron chi connectivity index (χ3n) is 3.73. The number of hydrogen-bond donors (Lipinski definition) is 1. The van der Waals surface area contributed by atoms with Crippen molar-refractivity contribution in [3.63, 3.8) is 0 Å². The van der Waals surface area contributed by atoms with Gasteiger partial charge in [0.15, 0.2) is 0 Å². The average molecular weight is 303 g/mol. The highest BCUT2D eigenvalue weighted by Gasteiger charge is 2.13. The number of thiazole rings is 1. The van der Waals surface area contributed by atoms with E-state index in [1.165, 1.54) is 16.8 Å². The number of aromatic nitrogens is 1. The molecule has 0 saturated heterocycles. The third-order valence-corrected chi connectivity index (χ3v) is 4.36. The van der Waals surface area contributed by atoms with E-state index in [4.69, 9.17) is 0 Å². The topological polar surface area (TPSA) is 28.2 Å². The maximum Gasteiger partial charge on any atom is 0.0795 e. The Labute approximate surface area is 132 Å². The summed E-state index contributed by atoms with van der Waals surface area (Å²) in [4.78, 5) is 6.70. The molecule has 1 heterocycles. The van der Waals surface area contributed by atoms with Crippen molar-refractivity contribution in [2.45, 2.75) is 32.9 Å². The van der Waals surface area contributed by atoms with Crippen molar-refractivity contribution >= 4 is 11.3 Å². The van der Waals surface area contributed by atoms with Crippen LogP contribution in [-0.4, -0.2) is 30.0 Å². The summed E-state index contributed by atoms with van der Waals surface area (Å²) in [6, 6.07) is 9.10. The van der Waals surface area contributed by atoms with Crippen LogP contribution in [0, 0.1) is 6.92 Å². The molecule has 0 spiro atoms. The Bertz CT molecular complexity index is 525. The molecule has 1 atom stereocenters. The summed E-state index contributed by atoms with van der Waals surface area (Å²) >= 11 is 1.66. The summed E-state index contributed by atoms with van der Waals surface area (Å²) in [7, 11) is 2.17. The zero-order valence-electron chi connectivity index (χ0n) is 13.2. The molecule has 3 nitrogen and oxygen atoms in total. The lowest BCUT2D eigenvalue weighted by Crippen LogP contribution is -2.27. The standard InChI is InChI=1S/C17H25N3S/c1-4-18-17(16-8-6-5-7-14(16)2)9-10-20(3)11-15-12-21-13-19-15/h5-8,12-13,17-18H,4,9-11H2,1-3H3. The van der Waals surface area contributed by atoms with Gasteiger partial charge in [0, 0.05) is 24.5 Å². The predicted octanol–water partition coefficient (Wildman–Crippen LogP) is 3.62. The van der Waals surface area contributed by atoms with Gasteiger partial charge in [-0.3, -0.25) is 0 Å². The van der Waals surface area contributed by atoms with E-state index >= 15 is 0 Å². The fourth-order valence-corrected chi connectivity index (χ4v) is 3.16. The molecular weight excluding hydrogens is 278 g/mol. The summed E-state index contributed by atoms with van der Waals surface area (Å²) in [5, 5.41) is 5.74. The molecule has 1 aromatic carbocycles. The molecule has 0 bridgehead atoms. The zero-order valence-corrected chi connectivity index (χ0v) is 14.0. The second-order valence-electron chi connectivity index (χ2n) is 5.47. The van der Waals surface area contributed by atoms with Gasteiger partial charge in [0.1, 0.15) is 0 Å². The highest BCUT2D eigenvalue weighted by atomic mass is 32.1. The average Bonchev–Trinajstić information content (AvgIpc) is 2.97. The molecule has 0 amide bonds. The molecule has 2 rings (SSSR count). The Balaban J connectivity index is 1.92. The Kier molecular flexibility index (Phi) is 6.36. The first-order valence-electron chi connectivity index (χ1n) is 7.55. The zero-order chi connectivity index (χ0) is 15.1. The number of hydrogen-bond acceptors (Lipinski definition) is 4. The Morgan fingerprint density at radius 1 is 1.33 bits per heavy atom. The Hall–Kier alpha value is -1.23. The minimum atomic E-state index is 0.425. The van der Waals surface area contributed by atoms with Crippen LogP contribution in [0.25, 0.3) is 0 Å². The second kappa shape index (κ2) is 8.27. The van der Waals surface area contributed by atoms with Crippen molar-refractivity contribution in [2.75, 3.05) is 20.1 Å². The number of nitrogens with zero attached hydrogens (tertiary/aromatic N) is 2. The van der Waals surface area contributed by atoms with Gasteiger partial charge in [0.25, 0.3) is 0 Å². The van der Waals surface area contributed by atoms with E-state index in [0.717, 1.165) is 26.1 Å². The van der Waals surface area contributed by atoms with Gasteiger partial charge >= 0.3 is 0 Å². The summed E-state index contributed by atoms with van der Waals surface area (Å²) in [5.74, 6) is 0. The predicted molar refractivity (Wildman–Crippen MR) is 90.7 cm³/mol. The third kappa shape index (κ3) is 4.92. The van der Waals surface area contributed by atoms with E-state index in [-0.39, 0.29) is 0 Å². The van der Waals surface area contributed by atoms with Gasteiger partial charge in [-0.15, -0.1) is 11.3 Å². The van der Waals surface area contributed by atoms with Crippen molar-refractivity contribution in [3.05, 3.63) is 52.0 Å².